The molecule has 0 atom stereocenters. The number of hydrogen-bond acceptors (Lipinski definition) is 2. The van der Waals surface area contributed by atoms with Crippen molar-refractivity contribution in [3.63, 3.8) is 0 Å². The van der Waals surface area contributed by atoms with E-state index in [2.05, 4.69) is 22.6 Å². The van der Waals surface area contributed by atoms with Crippen LogP contribution in [0.15, 0.2) is 24.3 Å². The van der Waals surface area contributed by atoms with E-state index >= 15 is 0 Å². The van der Waals surface area contributed by atoms with E-state index in [-0.39, 0.29) is 0 Å². The Labute approximate surface area is 91.9 Å². The number of hydrogen-bond donors (Lipinski definition) is 0. The van der Waals surface area contributed by atoms with Gasteiger partial charge in [-0.3, -0.25) is 4.31 Å². The third-order valence-electron chi connectivity index (χ3n) is 1.69. The van der Waals surface area contributed by atoms with E-state index in [4.69, 9.17) is 0 Å². The minimum atomic E-state index is -3.14. The van der Waals surface area contributed by atoms with Gasteiger partial charge in [0, 0.05) is 10.6 Å². The molecule has 1 rings (SSSR count). The minimum absolute atomic E-state index is 0.683. The molecule has 0 fully saturated rings. The van der Waals surface area contributed by atoms with Crippen LogP contribution >= 0.6 is 22.6 Å². The number of nitrogens with zero attached hydrogens (tertiary/aromatic N) is 1. The number of halogens is 1. The molecule has 0 bridgehead atoms. The van der Waals surface area contributed by atoms with Gasteiger partial charge in [0.1, 0.15) is 0 Å². The van der Waals surface area contributed by atoms with Crippen LogP contribution in [0.2, 0.25) is 0 Å². The van der Waals surface area contributed by atoms with Crippen LogP contribution in [0.25, 0.3) is 0 Å². The lowest BCUT2D eigenvalue weighted by molar-refractivity contribution is 0.600. The number of sulfonamides is 1. The molecule has 72 valence electrons. The zero-order valence-electron chi connectivity index (χ0n) is 7.36. The first-order valence-corrected chi connectivity index (χ1v) is 6.53. The molecule has 0 aliphatic rings. The summed E-state index contributed by atoms with van der Waals surface area (Å²) in [6, 6.07) is 7.31. The molecule has 0 aliphatic carbocycles. The Kier molecular flexibility index (Phi) is 3.18. The van der Waals surface area contributed by atoms with Gasteiger partial charge in [-0.15, -0.1) is 0 Å². The number of benzene rings is 1. The van der Waals surface area contributed by atoms with Crippen molar-refractivity contribution in [2.24, 2.45) is 0 Å². The first-order valence-electron chi connectivity index (χ1n) is 3.61. The summed E-state index contributed by atoms with van der Waals surface area (Å²) in [5.74, 6) is 0. The highest BCUT2D eigenvalue weighted by molar-refractivity contribution is 14.1. The van der Waals surface area contributed by atoms with Crippen molar-refractivity contribution in [1.29, 1.82) is 0 Å². The molecular formula is C8H10INO2S. The van der Waals surface area contributed by atoms with Crippen molar-refractivity contribution in [2.75, 3.05) is 17.6 Å². The van der Waals surface area contributed by atoms with E-state index in [1.54, 1.807) is 12.1 Å². The van der Waals surface area contributed by atoms with Gasteiger partial charge in [0.25, 0.3) is 0 Å². The molecule has 1 aromatic rings. The molecule has 0 saturated heterocycles. The van der Waals surface area contributed by atoms with Crippen LogP contribution in [0.1, 0.15) is 0 Å². The predicted octanol–water partition coefficient (Wildman–Crippen LogP) is 1.69. The van der Waals surface area contributed by atoms with E-state index in [1.807, 2.05) is 12.1 Å². The van der Waals surface area contributed by atoms with E-state index in [9.17, 15) is 8.42 Å². The van der Waals surface area contributed by atoms with Gasteiger partial charge >= 0.3 is 0 Å². The summed E-state index contributed by atoms with van der Waals surface area (Å²) in [6.45, 7) is 0. The van der Waals surface area contributed by atoms with Crippen LogP contribution in [-0.2, 0) is 10.0 Å². The summed E-state index contributed by atoms with van der Waals surface area (Å²) in [6.07, 6.45) is 1.19. The van der Waals surface area contributed by atoms with Crippen LogP contribution in [0.4, 0.5) is 5.69 Å². The average molecular weight is 311 g/mol. The molecule has 3 nitrogen and oxygen atoms in total. The third-order valence-corrected chi connectivity index (χ3v) is 3.61. The van der Waals surface area contributed by atoms with Gasteiger partial charge in [-0.25, -0.2) is 8.42 Å². The van der Waals surface area contributed by atoms with Gasteiger partial charge in [0.15, 0.2) is 0 Å². The maximum Gasteiger partial charge on any atom is 0.231 e. The highest BCUT2D eigenvalue weighted by Gasteiger charge is 2.10. The molecule has 5 heteroatoms. The highest BCUT2D eigenvalue weighted by atomic mass is 127. The molecule has 0 saturated carbocycles. The van der Waals surface area contributed by atoms with E-state index < -0.39 is 10.0 Å². The second kappa shape index (κ2) is 3.83. The second-order valence-corrected chi connectivity index (χ2v) is 5.97. The largest absolute Gasteiger partial charge is 0.274 e. The lowest BCUT2D eigenvalue weighted by Crippen LogP contribution is -2.24. The summed E-state index contributed by atoms with van der Waals surface area (Å²) in [5, 5.41) is 0. The summed E-state index contributed by atoms with van der Waals surface area (Å²) in [5.41, 5.74) is 0.683. The van der Waals surface area contributed by atoms with Crippen LogP contribution in [0, 0.1) is 3.57 Å². The van der Waals surface area contributed by atoms with Gasteiger partial charge < -0.3 is 0 Å². The maximum absolute atomic E-state index is 11.1. The van der Waals surface area contributed by atoms with Gasteiger partial charge in [0.2, 0.25) is 10.0 Å². The Hall–Kier alpha value is -0.300. The van der Waals surface area contributed by atoms with E-state index in [0.29, 0.717) is 5.69 Å². The fourth-order valence-corrected chi connectivity index (χ4v) is 1.71. The Morgan fingerprint density at radius 2 is 1.69 bits per heavy atom. The van der Waals surface area contributed by atoms with Gasteiger partial charge in [-0.1, -0.05) is 0 Å². The normalized spacial score (nSPS) is 11.3. The Bertz CT molecular complexity index is 385. The van der Waals surface area contributed by atoms with Crippen LogP contribution in [-0.4, -0.2) is 21.7 Å². The van der Waals surface area contributed by atoms with Crippen molar-refractivity contribution in [2.45, 2.75) is 0 Å². The fourth-order valence-electron chi connectivity index (χ4n) is 0.842. The second-order valence-electron chi connectivity index (χ2n) is 2.71. The van der Waals surface area contributed by atoms with Crippen molar-refractivity contribution in [3.8, 4) is 0 Å². The molecule has 0 aliphatic heterocycles. The van der Waals surface area contributed by atoms with Crippen LogP contribution < -0.4 is 4.31 Å². The number of anilines is 1. The van der Waals surface area contributed by atoms with Crippen molar-refractivity contribution < 1.29 is 8.42 Å². The zero-order valence-corrected chi connectivity index (χ0v) is 10.3. The standard InChI is InChI=1S/C8H10INO2S/c1-10(13(2,11)12)8-5-3-7(9)4-6-8/h3-6H,1-2H3. The zero-order chi connectivity index (χ0) is 10.1. The van der Waals surface area contributed by atoms with Gasteiger partial charge in [-0.05, 0) is 46.9 Å². The summed E-state index contributed by atoms with van der Waals surface area (Å²) in [7, 11) is -1.60. The molecule has 0 aromatic heterocycles. The predicted molar refractivity (Wildman–Crippen MR) is 62.4 cm³/mol. The fraction of sp³-hybridized carbons (Fsp3) is 0.250. The molecule has 0 spiro atoms. The van der Waals surface area contributed by atoms with Crippen molar-refractivity contribution in [3.05, 3.63) is 27.8 Å². The van der Waals surface area contributed by atoms with Crippen molar-refractivity contribution >= 4 is 38.3 Å². The Balaban J connectivity index is 3.04. The third kappa shape index (κ3) is 2.84. The molecule has 0 unspecified atom stereocenters. The molecule has 0 N–H and O–H groups in total. The molecule has 1 aromatic carbocycles. The van der Waals surface area contributed by atoms with E-state index in [0.717, 1.165) is 3.57 Å². The smallest absolute Gasteiger partial charge is 0.231 e. The van der Waals surface area contributed by atoms with E-state index in [1.165, 1.54) is 17.6 Å². The van der Waals surface area contributed by atoms with Crippen LogP contribution in [0.5, 0.6) is 0 Å². The lowest BCUT2D eigenvalue weighted by Gasteiger charge is -2.16. The summed E-state index contributed by atoms with van der Waals surface area (Å²) in [4.78, 5) is 0. The minimum Gasteiger partial charge on any atom is -0.274 e. The quantitative estimate of drug-likeness (QED) is 0.780. The van der Waals surface area contributed by atoms with Gasteiger partial charge in [-0.2, -0.15) is 0 Å². The molecular weight excluding hydrogens is 301 g/mol. The molecule has 13 heavy (non-hydrogen) atoms. The molecule has 0 amide bonds. The first kappa shape index (κ1) is 10.8. The molecule has 0 radical (unpaired) electrons. The SMILES string of the molecule is CN(c1ccc(I)cc1)S(C)(=O)=O. The average Bonchev–Trinajstić information content (AvgIpc) is 2.03. The first-order chi connectivity index (χ1) is 5.91. The van der Waals surface area contributed by atoms with Gasteiger partial charge in [0.05, 0.1) is 11.9 Å². The molecule has 0 heterocycles. The monoisotopic (exact) mass is 311 g/mol. The lowest BCUT2D eigenvalue weighted by atomic mass is 10.3. The summed E-state index contributed by atoms with van der Waals surface area (Å²) < 4.78 is 24.6. The Morgan fingerprint density at radius 1 is 1.23 bits per heavy atom. The van der Waals surface area contributed by atoms with Crippen LogP contribution in [0.3, 0.4) is 0 Å². The Morgan fingerprint density at radius 3 is 2.08 bits per heavy atom. The highest BCUT2D eigenvalue weighted by Crippen LogP contribution is 2.16. The van der Waals surface area contributed by atoms with Crippen molar-refractivity contribution in [1.82, 2.24) is 0 Å². The summed E-state index contributed by atoms with van der Waals surface area (Å²) >= 11 is 2.17. The topological polar surface area (TPSA) is 37.4 Å². The maximum atomic E-state index is 11.1. The number of rotatable bonds is 2.